The van der Waals surface area contributed by atoms with Crippen molar-refractivity contribution in [2.75, 3.05) is 33.0 Å². The van der Waals surface area contributed by atoms with Gasteiger partial charge in [0.25, 0.3) is 0 Å². The van der Waals surface area contributed by atoms with E-state index >= 15 is 0 Å². The quantitative estimate of drug-likeness (QED) is 0.0275. The lowest BCUT2D eigenvalue weighted by molar-refractivity contribution is -0.154. The minimum absolute atomic E-state index is 0.0954. The predicted molar refractivity (Wildman–Crippen MR) is 219 cm³/mol. The molecule has 0 spiro atoms. The monoisotopic (exact) mass is 754 g/mol. The molecule has 0 saturated heterocycles. The van der Waals surface area contributed by atoms with Crippen LogP contribution in [0.2, 0.25) is 0 Å². The number of ether oxygens (including phenoxy) is 2. The lowest BCUT2D eigenvalue weighted by atomic mass is 10.1. The number of hydrogen-bond donors (Lipinski definition) is 2. The van der Waals surface area contributed by atoms with Crippen LogP contribution in [0.5, 0.6) is 0 Å². The van der Waals surface area contributed by atoms with E-state index in [1.54, 1.807) is 0 Å². The molecule has 0 heterocycles. The first-order valence-electron chi connectivity index (χ1n) is 21.1. The molecule has 0 aromatic rings. The summed E-state index contributed by atoms with van der Waals surface area (Å²) in [5, 5.41) is 0. The fourth-order valence-corrected chi connectivity index (χ4v) is 6.42. The van der Waals surface area contributed by atoms with Crippen LogP contribution in [0.3, 0.4) is 0 Å². The van der Waals surface area contributed by atoms with Crippen LogP contribution in [0.4, 0.5) is 0 Å². The Hall–Kier alpha value is -1.54. The van der Waals surface area contributed by atoms with E-state index in [-0.39, 0.29) is 32.3 Å². The summed E-state index contributed by atoms with van der Waals surface area (Å²) in [6.07, 6.45) is 47.0. The van der Waals surface area contributed by atoms with Crippen LogP contribution < -0.4 is 5.73 Å². The zero-order valence-corrected chi connectivity index (χ0v) is 34.4. The maximum atomic E-state index is 12.6. The van der Waals surface area contributed by atoms with E-state index in [2.05, 4.69) is 62.5 Å². The zero-order chi connectivity index (χ0) is 38.1. The van der Waals surface area contributed by atoms with E-state index in [9.17, 15) is 14.3 Å². The highest BCUT2D eigenvalue weighted by Gasteiger charge is 2.25. The lowest BCUT2D eigenvalue weighted by Gasteiger charge is -2.20. The fraction of sp³-hybridized carbons (Fsp3) is 0.791. The highest BCUT2D eigenvalue weighted by atomic mass is 31.2. The van der Waals surface area contributed by atoms with Crippen LogP contribution in [0.15, 0.2) is 48.6 Å². The second kappa shape index (κ2) is 40.6. The largest absolute Gasteiger partial charge is 0.472 e. The van der Waals surface area contributed by atoms with Gasteiger partial charge in [0, 0.05) is 19.6 Å². The number of carbonyl (C=O) groups excluding carboxylic acids is 1. The third-order valence-corrected chi connectivity index (χ3v) is 9.71. The van der Waals surface area contributed by atoms with Crippen LogP contribution in [0, 0.1) is 0 Å². The first kappa shape index (κ1) is 50.5. The zero-order valence-electron chi connectivity index (χ0n) is 33.5. The Morgan fingerprint density at radius 3 is 1.63 bits per heavy atom. The molecule has 0 aliphatic rings. The molecule has 0 aliphatic heterocycles. The Labute approximate surface area is 320 Å². The predicted octanol–water partition coefficient (Wildman–Crippen LogP) is 12.4. The molecule has 0 aromatic heterocycles. The second-order valence-corrected chi connectivity index (χ2v) is 15.3. The van der Waals surface area contributed by atoms with Gasteiger partial charge in [0.1, 0.15) is 6.10 Å². The van der Waals surface area contributed by atoms with Crippen molar-refractivity contribution in [3.05, 3.63) is 48.6 Å². The maximum Gasteiger partial charge on any atom is 0.472 e. The smallest absolute Gasteiger partial charge is 0.457 e. The number of hydrogen-bond acceptors (Lipinski definition) is 7. The van der Waals surface area contributed by atoms with Gasteiger partial charge in [0.15, 0.2) is 0 Å². The van der Waals surface area contributed by atoms with Crippen molar-refractivity contribution in [3.63, 3.8) is 0 Å². The van der Waals surface area contributed by atoms with Crippen LogP contribution in [0.1, 0.15) is 181 Å². The highest BCUT2D eigenvalue weighted by molar-refractivity contribution is 7.47. The molecule has 0 aromatic carbocycles. The summed E-state index contributed by atoms with van der Waals surface area (Å²) in [6.45, 7) is 4.78. The number of phosphoric acid groups is 1. The van der Waals surface area contributed by atoms with Gasteiger partial charge in [-0.15, -0.1) is 0 Å². The lowest BCUT2D eigenvalue weighted by Crippen LogP contribution is -2.28. The van der Waals surface area contributed by atoms with Gasteiger partial charge in [-0.05, 0) is 70.6 Å². The van der Waals surface area contributed by atoms with Crippen LogP contribution in [-0.2, 0) is 27.9 Å². The second-order valence-electron chi connectivity index (χ2n) is 13.8. The standard InChI is InChI=1S/C43H80NO7P/c1-3-5-7-9-11-13-15-17-19-20-21-23-25-27-29-31-33-35-38-48-40-42(41-50-52(46,47)49-39-37-44)51-43(45)36-34-32-30-28-26-24-22-18-16-14-12-10-8-6-4-2/h6,8,12,14,17-19,22,42H,3-5,7,9-11,13,15-16,20-21,23-41,44H2,1-2H3,(H,46,47)/b8-6-,14-12-,19-17-,22-18-. The van der Waals surface area contributed by atoms with Gasteiger partial charge in [-0.1, -0.05) is 152 Å². The summed E-state index contributed by atoms with van der Waals surface area (Å²) in [6, 6.07) is 0. The van der Waals surface area contributed by atoms with Crippen LogP contribution in [0.25, 0.3) is 0 Å². The Morgan fingerprint density at radius 2 is 1.08 bits per heavy atom. The Bertz CT molecular complexity index is 936. The van der Waals surface area contributed by atoms with Gasteiger partial charge in [-0.25, -0.2) is 4.57 Å². The van der Waals surface area contributed by atoms with Crippen LogP contribution in [-0.4, -0.2) is 49.9 Å². The van der Waals surface area contributed by atoms with Crippen molar-refractivity contribution >= 4 is 13.8 Å². The minimum Gasteiger partial charge on any atom is -0.457 e. The van der Waals surface area contributed by atoms with Crippen molar-refractivity contribution in [1.82, 2.24) is 0 Å². The molecule has 0 saturated carbocycles. The van der Waals surface area contributed by atoms with Crippen molar-refractivity contribution in [3.8, 4) is 0 Å². The molecule has 3 N–H and O–H groups in total. The molecule has 8 nitrogen and oxygen atoms in total. The van der Waals surface area contributed by atoms with Crippen molar-refractivity contribution in [2.24, 2.45) is 5.73 Å². The van der Waals surface area contributed by atoms with E-state index in [4.69, 9.17) is 24.3 Å². The summed E-state index contributed by atoms with van der Waals surface area (Å²) in [5.74, 6) is -0.349. The average Bonchev–Trinajstić information content (AvgIpc) is 3.13. The fourth-order valence-electron chi connectivity index (χ4n) is 5.65. The summed E-state index contributed by atoms with van der Waals surface area (Å²) in [7, 11) is -4.28. The summed E-state index contributed by atoms with van der Waals surface area (Å²) < 4.78 is 33.4. The SMILES string of the molecule is CC/C=C\C/C=C\C/C=C\CCCCCCCC(=O)OC(COCCCCCCCCCC/C=C\CCCCCCCC)COP(=O)(O)OCCN. The van der Waals surface area contributed by atoms with Crippen LogP contribution >= 0.6 is 7.82 Å². The van der Waals surface area contributed by atoms with Gasteiger partial charge in [-0.3, -0.25) is 13.8 Å². The number of rotatable bonds is 40. The number of allylic oxidation sites excluding steroid dienone is 8. The van der Waals surface area contributed by atoms with Gasteiger partial charge in [0.2, 0.25) is 0 Å². The summed E-state index contributed by atoms with van der Waals surface area (Å²) in [5.41, 5.74) is 5.36. The van der Waals surface area contributed by atoms with Crippen molar-refractivity contribution in [1.29, 1.82) is 0 Å². The topological polar surface area (TPSA) is 117 Å². The molecule has 0 fully saturated rings. The third-order valence-electron chi connectivity index (χ3n) is 8.73. The number of carbonyl (C=O) groups is 1. The van der Waals surface area contributed by atoms with E-state index in [0.717, 1.165) is 70.6 Å². The molecule has 0 rings (SSSR count). The van der Waals surface area contributed by atoms with Gasteiger partial charge in [-0.2, -0.15) is 0 Å². The molecule has 0 aliphatic carbocycles. The average molecular weight is 754 g/mol. The molecule has 0 amide bonds. The molecule has 304 valence electrons. The number of esters is 1. The Kier molecular flexibility index (Phi) is 39.4. The van der Waals surface area contributed by atoms with Gasteiger partial charge >= 0.3 is 13.8 Å². The molecule has 0 bridgehead atoms. The normalized spacial score (nSPS) is 14.0. The van der Waals surface area contributed by atoms with E-state index in [0.29, 0.717) is 13.0 Å². The van der Waals surface area contributed by atoms with E-state index in [1.165, 1.54) is 89.9 Å². The molecular formula is C43H80NO7P. The summed E-state index contributed by atoms with van der Waals surface area (Å²) >= 11 is 0. The van der Waals surface area contributed by atoms with Crippen molar-refractivity contribution < 1.29 is 32.8 Å². The minimum atomic E-state index is -4.28. The summed E-state index contributed by atoms with van der Waals surface area (Å²) in [4.78, 5) is 22.4. The maximum absolute atomic E-state index is 12.6. The molecule has 9 heteroatoms. The molecular weight excluding hydrogens is 673 g/mol. The Morgan fingerprint density at radius 1 is 0.596 bits per heavy atom. The van der Waals surface area contributed by atoms with Crippen molar-refractivity contribution in [2.45, 2.75) is 187 Å². The molecule has 2 unspecified atom stereocenters. The Balaban J connectivity index is 4.06. The first-order valence-corrected chi connectivity index (χ1v) is 22.6. The number of phosphoric ester groups is 1. The number of unbranched alkanes of at least 4 members (excludes halogenated alkanes) is 19. The third kappa shape index (κ3) is 39.7. The van der Waals surface area contributed by atoms with E-state index < -0.39 is 13.9 Å². The molecule has 0 radical (unpaired) electrons. The first-order chi connectivity index (χ1) is 25.4. The molecule has 52 heavy (non-hydrogen) atoms. The number of nitrogens with two attached hydrogens (primary N) is 1. The molecule has 2 atom stereocenters. The van der Waals surface area contributed by atoms with E-state index in [1.807, 2.05) is 0 Å². The van der Waals surface area contributed by atoms with Gasteiger partial charge in [0.05, 0.1) is 19.8 Å². The highest BCUT2D eigenvalue weighted by Crippen LogP contribution is 2.43. The van der Waals surface area contributed by atoms with Gasteiger partial charge < -0.3 is 20.1 Å².